The predicted octanol–water partition coefficient (Wildman–Crippen LogP) is 3.78. The zero-order valence-electron chi connectivity index (χ0n) is 17.8. The number of carbonyl (C=O) groups is 2. The van der Waals surface area contributed by atoms with Crippen LogP contribution in [0.5, 0.6) is 0 Å². The van der Waals surface area contributed by atoms with Gasteiger partial charge in [0.2, 0.25) is 0 Å². The molecule has 0 bridgehead atoms. The van der Waals surface area contributed by atoms with Crippen LogP contribution in [-0.2, 0) is 9.59 Å². The third-order valence-electron chi connectivity index (χ3n) is 8.10. The van der Waals surface area contributed by atoms with Gasteiger partial charge in [-0.1, -0.05) is 51.0 Å². The van der Waals surface area contributed by atoms with Gasteiger partial charge in [-0.05, 0) is 62.5 Å². The topological polar surface area (TPSA) is 74.6 Å². The molecular weight excluding hydrogens is 352 g/mol. The monoisotopic (exact) mass is 386 g/mol. The minimum atomic E-state index is -1.47. The van der Waals surface area contributed by atoms with Crippen molar-refractivity contribution in [3.8, 4) is 0 Å². The van der Waals surface area contributed by atoms with Gasteiger partial charge in [0.25, 0.3) is 0 Å². The third-order valence-corrected chi connectivity index (χ3v) is 8.10. The smallest absolute Gasteiger partial charge is 0.190 e. The number of hydrogen-bond acceptors (Lipinski definition) is 4. The van der Waals surface area contributed by atoms with Crippen LogP contribution in [0.3, 0.4) is 0 Å². The van der Waals surface area contributed by atoms with Crippen molar-refractivity contribution in [1.82, 2.24) is 0 Å². The molecule has 0 aromatic carbocycles. The van der Waals surface area contributed by atoms with Gasteiger partial charge in [-0.3, -0.25) is 9.59 Å². The molecule has 0 aliphatic heterocycles. The number of rotatable bonds is 2. The summed E-state index contributed by atoms with van der Waals surface area (Å²) in [5.74, 6) is -0.0376. The van der Waals surface area contributed by atoms with E-state index in [2.05, 4.69) is 13.0 Å². The average Bonchev–Trinajstić information content (AvgIpc) is 2.91. The lowest BCUT2D eigenvalue weighted by atomic mass is 9.51. The first-order valence-electron chi connectivity index (χ1n) is 10.7. The highest BCUT2D eigenvalue weighted by Crippen LogP contribution is 2.66. The van der Waals surface area contributed by atoms with Crippen molar-refractivity contribution < 1.29 is 19.8 Å². The molecule has 0 aromatic heterocycles. The Labute approximate surface area is 168 Å². The van der Waals surface area contributed by atoms with Gasteiger partial charge in [0.1, 0.15) is 12.2 Å². The molecular formula is C24H34O4. The van der Waals surface area contributed by atoms with E-state index in [1.54, 1.807) is 12.2 Å². The van der Waals surface area contributed by atoms with Crippen molar-refractivity contribution >= 4 is 11.6 Å². The standard InChI is InChI=1S/C22H28O4.C2H6/c1-13-10-18-16-5-4-14-11-15(24)6-8-20(14,2)17(16)7-9-21(18,3)22(13,26)19(25)12-23;1-2/h6-8,11,13,16,18,23,26H,4-5,9-10,12H2,1-3H3;1-2H3/t13-,16?,18?,20?,21?,22+;/m1./s1. The van der Waals surface area contributed by atoms with Crippen molar-refractivity contribution in [2.24, 2.45) is 28.6 Å². The fourth-order valence-corrected chi connectivity index (χ4v) is 6.58. The second-order valence-electron chi connectivity index (χ2n) is 9.12. The van der Waals surface area contributed by atoms with Crippen molar-refractivity contribution in [2.45, 2.75) is 65.9 Å². The minimum Gasteiger partial charge on any atom is -0.388 e. The van der Waals surface area contributed by atoms with E-state index < -0.39 is 23.4 Å². The summed E-state index contributed by atoms with van der Waals surface area (Å²) in [6.07, 6.45) is 10.9. The average molecular weight is 387 g/mol. The number of ketones is 2. The summed E-state index contributed by atoms with van der Waals surface area (Å²) in [7, 11) is 0. The zero-order chi connectivity index (χ0) is 20.9. The van der Waals surface area contributed by atoms with E-state index in [-0.39, 0.29) is 23.0 Å². The van der Waals surface area contributed by atoms with Gasteiger partial charge in [-0.2, -0.15) is 0 Å². The van der Waals surface area contributed by atoms with Crippen molar-refractivity contribution in [3.63, 3.8) is 0 Å². The molecule has 4 aliphatic carbocycles. The molecule has 28 heavy (non-hydrogen) atoms. The quantitative estimate of drug-likeness (QED) is 0.708. The molecule has 4 heteroatoms. The second-order valence-corrected chi connectivity index (χ2v) is 9.12. The molecule has 0 heterocycles. The summed E-state index contributed by atoms with van der Waals surface area (Å²) < 4.78 is 0. The molecule has 2 N–H and O–H groups in total. The lowest BCUT2D eigenvalue weighted by Crippen LogP contribution is -2.57. The Bertz CT molecular complexity index is 775. The summed E-state index contributed by atoms with van der Waals surface area (Å²) in [5, 5.41) is 20.9. The molecule has 4 nitrogen and oxygen atoms in total. The summed E-state index contributed by atoms with van der Waals surface area (Å²) >= 11 is 0. The maximum Gasteiger partial charge on any atom is 0.190 e. The first-order valence-corrected chi connectivity index (χ1v) is 10.7. The Morgan fingerprint density at radius 2 is 1.96 bits per heavy atom. The molecule has 0 amide bonds. The Morgan fingerprint density at radius 1 is 1.29 bits per heavy atom. The lowest BCUT2D eigenvalue weighted by Gasteiger charge is -2.53. The Morgan fingerprint density at radius 3 is 2.61 bits per heavy atom. The normalized spacial score (nSPS) is 43.7. The number of fused-ring (bicyclic) bond motifs is 5. The molecule has 4 rings (SSSR count). The molecule has 0 spiro atoms. The van der Waals surface area contributed by atoms with Crippen molar-refractivity contribution in [3.05, 3.63) is 35.5 Å². The van der Waals surface area contributed by atoms with E-state index >= 15 is 0 Å². The molecule has 154 valence electrons. The maximum absolute atomic E-state index is 12.5. The third kappa shape index (κ3) is 2.57. The van der Waals surface area contributed by atoms with Crippen LogP contribution in [0.2, 0.25) is 0 Å². The van der Waals surface area contributed by atoms with E-state index in [0.29, 0.717) is 12.3 Å². The summed E-state index contributed by atoms with van der Waals surface area (Å²) in [4.78, 5) is 24.3. The van der Waals surface area contributed by atoms with Crippen molar-refractivity contribution in [1.29, 1.82) is 0 Å². The van der Waals surface area contributed by atoms with Gasteiger partial charge < -0.3 is 10.2 Å². The van der Waals surface area contributed by atoms with Crippen LogP contribution in [0.1, 0.15) is 60.3 Å². The SMILES string of the molecule is CC.C[C@@H]1CC2C3CCC4=CC(=O)C=CC4(C)C3=CCC2(C)[C@@]1(O)C(=O)CO. The highest BCUT2D eigenvalue weighted by molar-refractivity contribution is 6.01. The van der Waals surface area contributed by atoms with Gasteiger partial charge in [0.15, 0.2) is 11.6 Å². The molecule has 4 aliphatic rings. The van der Waals surface area contributed by atoms with E-state index in [1.165, 1.54) is 11.1 Å². The van der Waals surface area contributed by atoms with E-state index in [9.17, 15) is 19.8 Å². The lowest BCUT2D eigenvalue weighted by molar-refractivity contribution is -0.161. The predicted molar refractivity (Wildman–Crippen MR) is 110 cm³/mol. The molecule has 2 fully saturated rings. The number of Topliss-reactive ketones (excluding diaryl/α,β-unsaturated/α-hetero) is 1. The molecule has 0 saturated heterocycles. The summed E-state index contributed by atoms with van der Waals surface area (Å²) in [5.41, 5.74) is 0.289. The number of allylic oxidation sites excluding steroid dienone is 6. The zero-order valence-corrected chi connectivity index (χ0v) is 17.8. The van der Waals surface area contributed by atoms with Gasteiger partial charge in [-0.15, -0.1) is 0 Å². The van der Waals surface area contributed by atoms with Crippen LogP contribution < -0.4 is 0 Å². The van der Waals surface area contributed by atoms with Crippen LogP contribution in [0.4, 0.5) is 0 Å². The first kappa shape index (κ1) is 21.2. The van der Waals surface area contributed by atoms with Crippen LogP contribution in [0, 0.1) is 28.6 Å². The number of aliphatic hydroxyl groups excluding tert-OH is 1. The second kappa shape index (κ2) is 7.07. The van der Waals surface area contributed by atoms with Crippen LogP contribution in [-0.4, -0.2) is 34.0 Å². The fourth-order valence-electron chi connectivity index (χ4n) is 6.58. The highest BCUT2D eigenvalue weighted by atomic mass is 16.3. The largest absolute Gasteiger partial charge is 0.388 e. The number of carbonyl (C=O) groups excluding carboxylic acids is 2. The van der Waals surface area contributed by atoms with Gasteiger partial charge in [0.05, 0.1) is 0 Å². The van der Waals surface area contributed by atoms with Crippen LogP contribution in [0.15, 0.2) is 35.5 Å². The Hall–Kier alpha value is -1.52. The van der Waals surface area contributed by atoms with Gasteiger partial charge in [-0.25, -0.2) is 0 Å². The van der Waals surface area contributed by atoms with Crippen LogP contribution in [0.25, 0.3) is 0 Å². The Balaban J connectivity index is 0.00000109. The fraction of sp³-hybridized carbons (Fsp3) is 0.667. The van der Waals surface area contributed by atoms with Gasteiger partial charge in [0, 0.05) is 10.8 Å². The first-order chi connectivity index (χ1) is 13.2. The molecule has 0 radical (unpaired) electrons. The van der Waals surface area contributed by atoms with Crippen molar-refractivity contribution in [2.75, 3.05) is 6.61 Å². The van der Waals surface area contributed by atoms with E-state index in [1.807, 2.05) is 33.8 Å². The molecule has 2 saturated carbocycles. The number of hydrogen-bond donors (Lipinski definition) is 2. The van der Waals surface area contributed by atoms with E-state index in [0.717, 1.165) is 19.3 Å². The number of aliphatic hydroxyl groups is 2. The van der Waals surface area contributed by atoms with Gasteiger partial charge >= 0.3 is 0 Å². The summed E-state index contributed by atoms with van der Waals surface area (Å²) in [6.45, 7) is 9.54. The molecule has 4 unspecified atom stereocenters. The highest BCUT2D eigenvalue weighted by Gasteiger charge is 2.66. The summed E-state index contributed by atoms with van der Waals surface area (Å²) in [6, 6.07) is 0. The van der Waals surface area contributed by atoms with Crippen LogP contribution >= 0.6 is 0 Å². The molecule has 6 atom stereocenters. The minimum absolute atomic E-state index is 0.0644. The van der Waals surface area contributed by atoms with E-state index in [4.69, 9.17) is 0 Å². The molecule has 0 aromatic rings. The Kier molecular flexibility index (Phi) is 5.35. The maximum atomic E-state index is 12.5.